The summed E-state index contributed by atoms with van der Waals surface area (Å²) in [5.41, 5.74) is 3.19. The van der Waals surface area contributed by atoms with Crippen molar-refractivity contribution in [1.29, 1.82) is 5.26 Å². The summed E-state index contributed by atoms with van der Waals surface area (Å²) >= 11 is 0. The molecule has 0 bridgehead atoms. The monoisotopic (exact) mass is 467 g/mol. The maximum absolute atomic E-state index is 12.9. The molecule has 2 aliphatic rings. The van der Waals surface area contributed by atoms with Gasteiger partial charge in [0.2, 0.25) is 5.95 Å². The van der Waals surface area contributed by atoms with Crippen molar-refractivity contribution in [3.8, 4) is 23.2 Å². The number of rotatable bonds is 8. The minimum absolute atomic E-state index is 0.0352. The molecule has 34 heavy (non-hydrogen) atoms. The predicted molar refractivity (Wildman–Crippen MR) is 120 cm³/mol. The lowest BCUT2D eigenvalue weighted by molar-refractivity contribution is 0.121. The molecule has 0 saturated heterocycles. The molecule has 2 aromatic heterocycles. The zero-order valence-corrected chi connectivity index (χ0v) is 18.4. The Morgan fingerprint density at radius 2 is 2.24 bits per heavy atom. The van der Waals surface area contributed by atoms with Gasteiger partial charge in [0.1, 0.15) is 24.4 Å². The summed E-state index contributed by atoms with van der Waals surface area (Å²) < 4.78 is 32.6. The highest BCUT2D eigenvalue weighted by molar-refractivity contribution is 5.76. The van der Waals surface area contributed by atoms with Crippen molar-refractivity contribution in [2.24, 2.45) is 0 Å². The summed E-state index contributed by atoms with van der Waals surface area (Å²) in [7, 11) is 0. The number of benzene rings is 1. The number of halogens is 2. The molecule has 1 atom stereocenters. The molecule has 5 rings (SSSR count). The molecule has 176 valence electrons. The number of nitrogens with zero attached hydrogens (tertiary/aromatic N) is 5. The molecule has 9 nitrogen and oxygen atoms in total. The molecule has 1 unspecified atom stereocenters. The molecule has 0 amide bonds. The van der Waals surface area contributed by atoms with Gasteiger partial charge in [0, 0.05) is 23.7 Å². The molecule has 1 saturated carbocycles. The maximum atomic E-state index is 12.9. The van der Waals surface area contributed by atoms with Crippen molar-refractivity contribution in [3.05, 3.63) is 41.7 Å². The number of nitriles is 1. The van der Waals surface area contributed by atoms with E-state index in [4.69, 9.17) is 4.74 Å². The predicted octanol–water partition coefficient (Wildman–Crippen LogP) is 3.44. The maximum Gasteiger partial charge on any atom is 0.257 e. The van der Waals surface area contributed by atoms with Crippen molar-refractivity contribution in [2.75, 3.05) is 23.8 Å². The van der Waals surface area contributed by atoms with Crippen molar-refractivity contribution in [1.82, 2.24) is 19.7 Å². The number of aromatic nitrogens is 4. The Kier molecular flexibility index (Phi) is 5.53. The minimum atomic E-state index is -2.55. The van der Waals surface area contributed by atoms with E-state index in [2.05, 4.69) is 31.8 Å². The Hall–Kier alpha value is -3.78. The number of hydrogen-bond donors (Lipinski definition) is 3. The van der Waals surface area contributed by atoms with Crippen LogP contribution in [0.4, 0.5) is 26.1 Å². The Bertz CT molecular complexity index is 1270. The average molecular weight is 467 g/mol. The molecule has 3 aromatic rings. The number of hydrogen-bond acceptors (Lipinski definition) is 8. The second-order valence-electron chi connectivity index (χ2n) is 8.80. The summed E-state index contributed by atoms with van der Waals surface area (Å²) in [5.74, 6) is 0.461. The number of aliphatic hydroxyl groups is 1. The van der Waals surface area contributed by atoms with Gasteiger partial charge in [-0.3, -0.25) is 4.68 Å². The minimum Gasteiger partial charge on any atom is -0.472 e. The van der Waals surface area contributed by atoms with Crippen LogP contribution >= 0.6 is 0 Å². The summed E-state index contributed by atoms with van der Waals surface area (Å²) in [4.78, 5) is 8.81. The number of nitrogens with one attached hydrogen (secondary N) is 2. The lowest BCUT2D eigenvalue weighted by Gasteiger charge is -2.21. The van der Waals surface area contributed by atoms with Crippen molar-refractivity contribution in [2.45, 2.75) is 44.3 Å². The molecule has 0 spiro atoms. The number of anilines is 3. The Morgan fingerprint density at radius 1 is 1.41 bits per heavy atom. The molecule has 1 aromatic carbocycles. The average Bonchev–Trinajstić information content (AvgIpc) is 3.48. The first-order chi connectivity index (χ1) is 16.4. The Morgan fingerprint density at radius 3 is 2.94 bits per heavy atom. The fraction of sp³-hybridized carbons (Fsp3) is 0.391. The quantitative estimate of drug-likeness (QED) is 0.461. The molecule has 0 radical (unpaired) electrons. The largest absolute Gasteiger partial charge is 0.472 e. The summed E-state index contributed by atoms with van der Waals surface area (Å²) in [5, 5.41) is 30.0. The van der Waals surface area contributed by atoms with Gasteiger partial charge in [0.05, 0.1) is 29.7 Å². The standard InChI is InChI=1S/C23H23F2N7O2/c1-23(12-33)11-28-20-14(8-26)6-13(7-16(20)23)17-4-5-27-22(29-17)30-18-9-32(10-19(24)25)31-21(18)34-15-2-3-15/h4-7,9,15,19,28,33H,2-3,10-12H2,1H3,(H,27,29,30). The van der Waals surface area contributed by atoms with E-state index in [1.165, 1.54) is 6.20 Å². The fourth-order valence-electron chi connectivity index (χ4n) is 3.92. The van der Waals surface area contributed by atoms with Crippen LogP contribution in [0.3, 0.4) is 0 Å². The highest BCUT2D eigenvalue weighted by Crippen LogP contribution is 2.41. The first-order valence-electron chi connectivity index (χ1n) is 10.9. The molecular weight excluding hydrogens is 444 g/mol. The van der Waals surface area contributed by atoms with Gasteiger partial charge in [0.25, 0.3) is 12.3 Å². The first-order valence-corrected chi connectivity index (χ1v) is 10.9. The molecular formula is C23H23F2N7O2. The van der Waals surface area contributed by atoms with Gasteiger partial charge < -0.3 is 20.5 Å². The second-order valence-corrected chi connectivity index (χ2v) is 8.80. The highest BCUT2D eigenvalue weighted by atomic mass is 19.3. The van der Waals surface area contributed by atoms with Crippen LogP contribution < -0.4 is 15.4 Å². The van der Waals surface area contributed by atoms with E-state index in [9.17, 15) is 19.1 Å². The molecule has 1 aliphatic carbocycles. The van der Waals surface area contributed by atoms with Gasteiger partial charge >= 0.3 is 0 Å². The second kappa shape index (κ2) is 8.53. The van der Waals surface area contributed by atoms with E-state index >= 15 is 0 Å². The van der Waals surface area contributed by atoms with Crippen LogP contribution in [0.25, 0.3) is 11.3 Å². The van der Waals surface area contributed by atoms with E-state index in [1.807, 2.05) is 13.0 Å². The van der Waals surface area contributed by atoms with Crippen molar-refractivity contribution < 1.29 is 18.6 Å². The van der Waals surface area contributed by atoms with E-state index in [0.717, 1.165) is 28.8 Å². The third-order valence-corrected chi connectivity index (χ3v) is 5.97. The van der Waals surface area contributed by atoms with Crippen LogP contribution in [0, 0.1) is 11.3 Å². The van der Waals surface area contributed by atoms with Crippen LogP contribution in [0.1, 0.15) is 30.9 Å². The molecule has 11 heteroatoms. The van der Waals surface area contributed by atoms with Gasteiger partial charge in [-0.1, -0.05) is 6.92 Å². The lowest BCUT2D eigenvalue weighted by Crippen LogP contribution is -2.28. The number of alkyl halides is 2. The highest BCUT2D eigenvalue weighted by Gasteiger charge is 2.36. The molecule has 1 fully saturated rings. The van der Waals surface area contributed by atoms with Gasteiger partial charge in [-0.25, -0.2) is 18.7 Å². The van der Waals surface area contributed by atoms with Crippen LogP contribution in [-0.2, 0) is 12.0 Å². The van der Waals surface area contributed by atoms with Crippen molar-refractivity contribution >= 4 is 17.3 Å². The summed E-state index contributed by atoms with van der Waals surface area (Å²) in [6, 6.07) is 7.59. The normalized spacial score (nSPS) is 18.9. The summed E-state index contributed by atoms with van der Waals surface area (Å²) in [6.07, 6.45) is 2.30. The third-order valence-electron chi connectivity index (χ3n) is 5.97. The van der Waals surface area contributed by atoms with Crippen LogP contribution in [0.5, 0.6) is 5.88 Å². The molecule has 3 N–H and O–H groups in total. The van der Waals surface area contributed by atoms with E-state index in [1.54, 1.807) is 18.3 Å². The Labute approximate surface area is 194 Å². The zero-order valence-electron chi connectivity index (χ0n) is 18.4. The van der Waals surface area contributed by atoms with Gasteiger partial charge in [-0.2, -0.15) is 5.26 Å². The van der Waals surface area contributed by atoms with Crippen LogP contribution in [-0.4, -0.2) is 50.5 Å². The number of ether oxygens (including phenoxy) is 1. The van der Waals surface area contributed by atoms with Gasteiger partial charge in [-0.05, 0) is 36.6 Å². The van der Waals surface area contributed by atoms with Crippen LogP contribution in [0.15, 0.2) is 30.6 Å². The molecule has 3 heterocycles. The molecule has 1 aliphatic heterocycles. The summed E-state index contributed by atoms with van der Waals surface area (Å²) in [6.45, 7) is 1.85. The lowest BCUT2D eigenvalue weighted by atomic mass is 9.83. The number of fused-ring (bicyclic) bond motifs is 1. The SMILES string of the molecule is CC1(CO)CNc2c(C#N)cc(-c3ccnc(Nc4cn(CC(F)F)nc4OC4CC4)n3)cc21. The zero-order chi connectivity index (χ0) is 23.9. The third kappa shape index (κ3) is 4.24. The topological polar surface area (TPSA) is 121 Å². The number of aliphatic hydroxyl groups excluding tert-OH is 1. The Balaban J connectivity index is 1.47. The van der Waals surface area contributed by atoms with Crippen LogP contribution in [0.2, 0.25) is 0 Å². The van der Waals surface area contributed by atoms with E-state index in [0.29, 0.717) is 29.1 Å². The van der Waals surface area contributed by atoms with E-state index in [-0.39, 0.29) is 24.5 Å². The first kappa shape index (κ1) is 22.0. The van der Waals surface area contributed by atoms with Gasteiger partial charge in [-0.15, -0.1) is 5.10 Å². The van der Waals surface area contributed by atoms with E-state index < -0.39 is 18.4 Å². The fourth-order valence-corrected chi connectivity index (χ4v) is 3.92. The smallest absolute Gasteiger partial charge is 0.257 e. The van der Waals surface area contributed by atoms with Gasteiger partial charge in [0.15, 0.2) is 0 Å². The van der Waals surface area contributed by atoms with Crippen molar-refractivity contribution in [3.63, 3.8) is 0 Å².